The molecular weight excluding hydrogens is 258 g/mol. The lowest BCUT2D eigenvalue weighted by Gasteiger charge is -2.21. The molecular formula is C15H19NO2S. The average molecular weight is 277 g/mol. The molecule has 1 amide bonds. The largest absolute Gasteiger partial charge is 0.350 e. The Labute approximate surface area is 116 Å². The summed E-state index contributed by atoms with van der Waals surface area (Å²) in [4.78, 5) is 11.8. The van der Waals surface area contributed by atoms with Gasteiger partial charge in [-0.3, -0.25) is 9.00 Å². The second kappa shape index (κ2) is 6.66. The average Bonchev–Trinajstić information content (AvgIpc) is 2.39. The second-order valence-corrected chi connectivity index (χ2v) is 6.57. The standard InChI is InChI=1S/C15H19NO2S/c1-12-3-2-4-13(11-12)5-6-15(17)16-14-7-9-19(18)10-8-14/h2-6,11,14H,7-10H2,1H3,(H,16,17). The SMILES string of the molecule is Cc1cccc(C=CC(=O)NC2CCS(=O)CC2)c1. The van der Waals surface area contributed by atoms with Gasteiger partial charge < -0.3 is 5.32 Å². The number of aryl methyl sites for hydroxylation is 1. The lowest BCUT2D eigenvalue weighted by Crippen LogP contribution is -2.38. The van der Waals surface area contributed by atoms with Crippen LogP contribution in [-0.4, -0.2) is 27.7 Å². The van der Waals surface area contributed by atoms with Crippen LogP contribution < -0.4 is 5.32 Å². The first-order valence-corrected chi connectivity index (χ1v) is 8.02. The van der Waals surface area contributed by atoms with E-state index in [9.17, 15) is 9.00 Å². The van der Waals surface area contributed by atoms with E-state index in [4.69, 9.17) is 0 Å². The van der Waals surface area contributed by atoms with Crippen LogP contribution in [0.25, 0.3) is 6.08 Å². The summed E-state index contributed by atoms with van der Waals surface area (Å²) in [6, 6.07) is 8.18. The molecule has 1 aromatic rings. The molecule has 0 aromatic heterocycles. The van der Waals surface area contributed by atoms with Crippen molar-refractivity contribution in [3.8, 4) is 0 Å². The maximum atomic E-state index is 11.8. The molecule has 0 atom stereocenters. The summed E-state index contributed by atoms with van der Waals surface area (Å²) in [6.45, 7) is 2.03. The smallest absolute Gasteiger partial charge is 0.244 e. The fourth-order valence-corrected chi connectivity index (χ4v) is 3.43. The van der Waals surface area contributed by atoms with Crippen LogP contribution in [0, 0.1) is 6.92 Å². The third kappa shape index (κ3) is 4.63. The third-order valence-corrected chi connectivity index (χ3v) is 4.59. The molecule has 0 aliphatic carbocycles. The van der Waals surface area contributed by atoms with Gasteiger partial charge in [-0.25, -0.2) is 0 Å². The zero-order chi connectivity index (χ0) is 13.7. The van der Waals surface area contributed by atoms with Crippen LogP contribution in [0.3, 0.4) is 0 Å². The first kappa shape index (κ1) is 14.0. The molecule has 0 unspecified atom stereocenters. The van der Waals surface area contributed by atoms with Gasteiger partial charge in [0.15, 0.2) is 0 Å². The predicted octanol–water partition coefficient (Wildman–Crippen LogP) is 2.04. The van der Waals surface area contributed by atoms with E-state index in [0.29, 0.717) is 11.5 Å². The van der Waals surface area contributed by atoms with Gasteiger partial charge in [0, 0.05) is 34.4 Å². The Morgan fingerprint density at radius 1 is 1.37 bits per heavy atom. The Balaban J connectivity index is 1.85. The van der Waals surface area contributed by atoms with Crippen molar-refractivity contribution in [3.05, 3.63) is 41.5 Å². The highest BCUT2D eigenvalue weighted by atomic mass is 32.2. The lowest BCUT2D eigenvalue weighted by molar-refractivity contribution is -0.117. The summed E-state index contributed by atoms with van der Waals surface area (Å²) in [7, 11) is -0.681. The van der Waals surface area contributed by atoms with Gasteiger partial charge in [-0.15, -0.1) is 0 Å². The van der Waals surface area contributed by atoms with Crippen LogP contribution in [0.1, 0.15) is 24.0 Å². The van der Waals surface area contributed by atoms with Crippen molar-refractivity contribution in [1.29, 1.82) is 0 Å². The van der Waals surface area contributed by atoms with Gasteiger partial charge in [-0.05, 0) is 31.4 Å². The zero-order valence-electron chi connectivity index (χ0n) is 11.1. The van der Waals surface area contributed by atoms with E-state index < -0.39 is 10.8 Å². The molecule has 4 heteroatoms. The van der Waals surface area contributed by atoms with Gasteiger partial charge in [0.2, 0.25) is 5.91 Å². The van der Waals surface area contributed by atoms with Crippen molar-refractivity contribution in [2.24, 2.45) is 0 Å². The van der Waals surface area contributed by atoms with Gasteiger partial charge in [0.05, 0.1) is 0 Å². The number of carbonyl (C=O) groups excluding carboxylic acids is 1. The minimum absolute atomic E-state index is 0.0702. The van der Waals surface area contributed by atoms with Crippen molar-refractivity contribution in [1.82, 2.24) is 5.32 Å². The summed E-state index contributed by atoms with van der Waals surface area (Å²) < 4.78 is 11.2. The Morgan fingerprint density at radius 2 is 2.11 bits per heavy atom. The zero-order valence-corrected chi connectivity index (χ0v) is 11.9. The maximum Gasteiger partial charge on any atom is 0.244 e. The molecule has 1 aliphatic heterocycles. The van der Waals surface area contributed by atoms with E-state index >= 15 is 0 Å². The summed E-state index contributed by atoms with van der Waals surface area (Å²) in [5.74, 6) is 1.33. The molecule has 3 nitrogen and oxygen atoms in total. The number of amides is 1. The van der Waals surface area contributed by atoms with Crippen LogP contribution in [0.5, 0.6) is 0 Å². The Kier molecular flexibility index (Phi) is 4.91. The molecule has 1 aromatic carbocycles. The topological polar surface area (TPSA) is 46.2 Å². The van der Waals surface area contributed by atoms with Gasteiger partial charge in [-0.2, -0.15) is 0 Å². The molecule has 19 heavy (non-hydrogen) atoms. The number of hydrogen-bond acceptors (Lipinski definition) is 2. The maximum absolute atomic E-state index is 11.8. The molecule has 1 fully saturated rings. The van der Waals surface area contributed by atoms with Crippen molar-refractivity contribution in [3.63, 3.8) is 0 Å². The second-order valence-electron chi connectivity index (χ2n) is 4.88. The fourth-order valence-electron chi connectivity index (χ4n) is 2.13. The number of hydrogen-bond donors (Lipinski definition) is 1. The number of benzene rings is 1. The Hall–Kier alpha value is -1.42. The molecule has 2 rings (SSSR count). The summed E-state index contributed by atoms with van der Waals surface area (Å²) >= 11 is 0. The molecule has 0 radical (unpaired) electrons. The summed E-state index contributed by atoms with van der Waals surface area (Å²) in [5, 5.41) is 2.96. The van der Waals surface area contributed by atoms with Gasteiger partial charge in [0.25, 0.3) is 0 Å². The first-order valence-electron chi connectivity index (χ1n) is 6.54. The van der Waals surface area contributed by atoms with Gasteiger partial charge in [-0.1, -0.05) is 29.8 Å². The van der Waals surface area contributed by atoms with Crippen LogP contribution >= 0.6 is 0 Å². The lowest BCUT2D eigenvalue weighted by atomic mass is 10.1. The van der Waals surface area contributed by atoms with E-state index in [1.165, 1.54) is 5.56 Å². The minimum atomic E-state index is -0.681. The highest BCUT2D eigenvalue weighted by molar-refractivity contribution is 7.85. The molecule has 0 spiro atoms. The predicted molar refractivity (Wildman–Crippen MR) is 79.3 cm³/mol. The Morgan fingerprint density at radius 3 is 2.79 bits per heavy atom. The van der Waals surface area contributed by atoms with Crippen molar-refractivity contribution in [2.45, 2.75) is 25.8 Å². The van der Waals surface area contributed by atoms with Crippen LogP contribution in [-0.2, 0) is 15.6 Å². The normalized spacial score (nSPS) is 23.4. The van der Waals surface area contributed by atoms with E-state index in [-0.39, 0.29) is 11.9 Å². The highest BCUT2D eigenvalue weighted by Gasteiger charge is 2.18. The Bertz CT molecular complexity index is 501. The van der Waals surface area contributed by atoms with Gasteiger partial charge in [0.1, 0.15) is 0 Å². The number of rotatable bonds is 3. The van der Waals surface area contributed by atoms with E-state index in [2.05, 4.69) is 5.32 Å². The summed E-state index contributed by atoms with van der Waals surface area (Å²) in [5.41, 5.74) is 2.21. The van der Waals surface area contributed by atoms with Crippen molar-refractivity contribution in [2.75, 3.05) is 11.5 Å². The fraction of sp³-hybridized carbons (Fsp3) is 0.400. The molecule has 0 bridgehead atoms. The first-order chi connectivity index (χ1) is 9.13. The van der Waals surface area contributed by atoms with Crippen LogP contribution in [0.2, 0.25) is 0 Å². The molecule has 1 heterocycles. The van der Waals surface area contributed by atoms with Crippen molar-refractivity contribution < 1.29 is 9.00 Å². The van der Waals surface area contributed by atoms with Gasteiger partial charge >= 0.3 is 0 Å². The minimum Gasteiger partial charge on any atom is -0.350 e. The molecule has 1 N–H and O–H groups in total. The van der Waals surface area contributed by atoms with E-state index in [1.54, 1.807) is 6.08 Å². The van der Waals surface area contributed by atoms with E-state index in [0.717, 1.165) is 18.4 Å². The van der Waals surface area contributed by atoms with E-state index in [1.807, 2.05) is 37.3 Å². The summed E-state index contributed by atoms with van der Waals surface area (Å²) in [6.07, 6.45) is 5.02. The molecule has 102 valence electrons. The number of nitrogens with one attached hydrogen (secondary N) is 1. The molecule has 1 aliphatic rings. The van der Waals surface area contributed by atoms with Crippen molar-refractivity contribution >= 4 is 22.8 Å². The highest BCUT2D eigenvalue weighted by Crippen LogP contribution is 2.09. The van der Waals surface area contributed by atoms with Crippen LogP contribution in [0.4, 0.5) is 0 Å². The quantitative estimate of drug-likeness (QED) is 0.859. The number of carbonyl (C=O) groups is 1. The molecule has 0 saturated carbocycles. The van der Waals surface area contributed by atoms with Crippen LogP contribution in [0.15, 0.2) is 30.3 Å². The third-order valence-electron chi connectivity index (χ3n) is 3.20. The monoisotopic (exact) mass is 277 g/mol. The molecule has 1 saturated heterocycles.